The lowest BCUT2D eigenvalue weighted by molar-refractivity contribution is -0.147. The summed E-state index contributed by atoms with van der Waals surface area (Å²) in [5.74, 6) is -1.59. The van der Waals surface area contributed by atoms with Crippen LogP contribution in [0.5, 0.6) is 0 Å². The molecule has 5 heterocycles. The molecule has 12 atom stereocenters. The molecule has 7 aliphatic rings. The second-order valence-corrected chi connectivity index (χ2v) is 27.9. The number of piperazine rings is 1. The topological polar surface area (TPSA) is 245 Å². The summed E-state index contributed by atoms with van der Waals surface area (Å²) in [5.41, 5.74) is 2.46. The molecule has 0 bridgehead atoms. The van der Waals surface area contributed by atoms with Gasteiger partial charge in [-0.2, -0.15) is 0 Å². The molecule has 5 aliphatic heterocycles. The van der Waals surface area contributed by atoms with Crippen LogP contribution in [-0.4, -0.2) is 196 Å². The number of likely N-dealkylation sites (N-methyl/N-ethyl adjacent to an activating group) is 2. The lowest BCUT2D eigenvalue weighted by Crippen LogP contribution is -2.59. The summed E-state index contributed by atoms with van der Waals surface area (Å²) in [6.07, 6.45) is 1.87. The summed E-state index contributed by atoms with van der Waals surface area (Å²) in [7, 11) is 2.84. The number of nitrogens with one attached hydrogen (secondary N) is 4. The number of thiocarbonyl (C=S) groups is 2. The fourth-order valence-corrected chi connectivity index (χ4v) is 17.2. The lowest BCUT2D eigenvalue weighted by atomic mass is 9.77. The molecule has 0 spiro atoms. The second kappa shape index (κ2) is 24.5. The van der Waals surface area contributed by atoms with Crippen molar-refractivity contribution in [2.75, 3.05) is 51.8 Å². The van der Waals surface area contributed by atoms with Gasteiger partial charge in [-0.25, -0.2) is 9.59 Å². The number of benzene rings is 2. The van der Waals surface area contributed by atoms with Crippen molar-refractivity contribution in [3.05, 3.63) is 70.8 Å². The van der Waals surface area contributed by atoms with E-state index >= 15 is 19.2 Å². The van der Waals surface area contributed by atoms with Crippen LogP contribution in [0.15, 0.2) is 48.5 Å². The van der Waals surface area contributed by atoms with E-state index in [9.17, 15) is 29.4 Å². The third kappa shape index (κ3) is 12.0. The number of hydrogen-bond acceptors (Lipinski definition) is 12. The van der Waals surface area contributed by atoms with E-state index in [-0.39, 0.29) is 82.3 Å². The molecular formula is C58H78N10O10S4. The van der Waals surface area contributed by atoms with Crippen molar-refractivity contribution in [2.45, 2.75) is 152 Å². The van der Waals surface area contributed by atoms with Crippen LogP contribution in [-0.2, 0) is 41.6 Å². The summed E-state index contributed by atoms with van der Waals surface area (Å²) < 4.78 is 0. The Morgan fingerprint density at radius 2 is 0.939 bits per heavy atom. The molecule has 82 heavy (non-hydrogen) atoms. The SMILES string of the molecule is CC(C(=S)N[C@H]1CCS[C@H]2CC(C)(C)[C@@H](C(=O)N[C@H]3c4ccccc4CC[C@H]3C(=O)N3CCN(C(=O)[C@@H]4CCc5ccccc5[C@@H]4NC(=O)[C@H]4N5C(=O)[C@@H](NC(=S)C(C)N(C)C(=O)O)CCS[C@H]5CC4(C)C)CC3)N2C1=O)N(C)C(=O)O. The van der Waals surface area contributed by atoms with Gasteiger partial charge in [0.2, 0.25) is 35.4 Å². The maximum atomic E-state index is 15.1. The van der Waals surface area contributed by atoms with E-state index in [1.165, 1.54) is 14.1 Å². The van der Waals surface area contributed by atoms with Crippen molar-refractivity contribution in [1.29, 1.82) is 0 Å². The minimum atomic E-state index is -1.15. The molecule has 5 saturated heterocycles. The van der Waals surface area contributed by atoms with Gasteiger partial charge in [0.1, 0.15) is 24.2 Å². The highest BCUT2D eigenvalue weighted by Gasteiger charge is 2.57. The Morgan fingerprint density at radius 3 is 1.29 bits per heavy atom. The second-order valence-electron chi connectivity index (χ2n) is 24.5. The van der Waals surface area contributed by atoms with Crippen molar-refractivity contribution in [3.63, 3.8) is 0 Å². The molecule has 0 saturated carbocycles. The van der Waals surface area contributed by atoms with Crippen molar-refractivity contribution in [3.8, 4) is 0 Å². The Bertz CT molecular complexity index is 2700. The lowest BCUT2D eigenvalue weighted by Gasteiger charge is -2.43. The van der Waals surface area contributed by atoms with Crippen LogP contribution >= 0.6 is 48.0 Å². The third-order valence-electron chi connectivity index (χ3n) is 18.4. The van der Waals surface area contributed by atoms with Crippen LogP contribution in [0.4, 0.5) is 9.59 Å². The first-order valence-corrected chi connectivity index (χ1v) is 31.5. The standard InChI is InChI=1S/C58H78N10O10S4/c1-31(63(7)55(75)76)49(79)59-39-21-27-81-41-29-57(3,4)45(67(41)53(39)73)47(69)61-43-35-15-11-9-13-33(35)17-19-37(43)51(71)65-23-25-66(26-24-65)52(72)38-20-18-34-14-10-12-16-36(34)44(38)62-48(70)46-58(5,6)30-42-68(46)54(74)40(22-28-82-42)60-50(80)32(2)64(8)56(77)78/h9-16,31-32,37-46H,17-30H2,1-8H3,(H,59,79)(H,60,80)(H,61,69)(H,62,70)(H,75,76)(H,77,78)/t31?,32?,37-,38-,39+,40+,41+,42+,43+,44+,45-,46-/m1/s1. The minimum absolute atomic E-state index is 0.132. The normalized spacial score (nSPS) is 29.0. The van der Waals surface area contributed by atoms with Crippen LogP contribution in [0, 0.1) is 22.7 Å². The quantitative estimate of drug-likeness (QED) is 0.149. The predicted octanol–water partition coefficient (Wildman–Crippen LogP) is 5.25. The number of aryl methyl sites for hydroxylation is 2. The molecule has 444 valence electrons. The van der Waals surface area contributed by atoms with Crippen molar-refractivity contribution < 1.29 is 48.6 Å². The van der Waals surface area contributed by atoms with E-state index in [0.717, 1.165) is 32.1 Å². The van der Waals surface area contributed by atoms with Gasteiger partial charge in [0, 0.05) is 40.3 Å². The van der Waals surface area contributed by atoms with Gasteiger partial charge in [-0.05, 0) is 110 Å². The smallest absolute Gasteiger partial charge is 0.407 e. The van der Waals surface area contributed by atoms with Gasteiger partial charge in [0.25, 0.3) is 0 Å². The first-order chi connectivity index (χ1) is 38.8. The van der Waals surface area contributed by atoms with Gasteiger partial charge in [-0.1, -0.05) is 101 Å². The molecule has 6 N–H and O–H groups in total. The van der Waals surface area contributed by atoms with Gasteiger partial charge in [0.05, 0.1) is 56.7 Å². The zero-order valence-electron chi connectivity index (χ0n) is 47.9. The number of amides is 8. The maximum Gasteiger partial charge on any atom is 0.407 e. The minimum Gasteiger partial charge on any atom is -0.465 e. The van der Waals surface area contributed by atoms with E-state index in [0.29, 0.717) is 62.9 Å². The zero-order valence-corrected chi connectivity index (χ0v) is 51.2. The number of carbonyl (C=O) groups is 8. The molecule has 2 unspecified atom stereocenters. The maximum absolute atomic E-state index is 15.1. The highest BCUT2D eigenvalue weighted by atomic mass is 32.2. The number of thioether (sulfide) groups is 2. The summed E-state index contributed by atoms with van der Waals surface area (Å²) in [5, 5.41) is 31.6. The van der Waals surface area contributed by atoms with E-state index in [4.69, 9.17) is 24.4 Å². The zero-order chi connectivity index (χ0) is 59.3. The number of fused-ring (bicyclic) bond motifs is 4. The van der Waals surface area contributed by atoms with Gasteiger partial charge in [-0.15, -0.1) is 23.5 Å². The highest BCUT2D eigenvalue weighted by Crippen LogP contribution is 2.49. The Kier molecular flexibility index (Phi) is 18.2. The molecule has 2 aromatic carbocycles. The van der Waals surface area contributed by atoms with Crippen molar-refractivity contribution in [1.82, 2.24) is 50.7 Å². The van der Waals surface area contributed by atoms with Crippen LogP contribution in [0.1, 0.15) is 114 Å². The van der Waals surface area contributed by atoms with E-state index in [1.807, 2.05) is 76.2 Å². The van der Waals surface area contributed by atoms with Crippen LogP contribution < -0.4 is 21.3 Å². The summed E-state index contributed by atoms with van der Waals surface area (Å²) in [6.45, 7) is 12.3. The monoisotopic (exact) mass is 1200 g/mol. The molecule has 24 heteroatoms. The molecule has 9 rings (SSSR count). The summed E-state index contributed by atoms with van der Waals surface area (Å²) in [4.78, 5) is 122. The number of rotatable bonds is 12. The van der Waals surface area contributed by atoms with Gasteiger partial charge in [-0.3, -0.25) is 28.8 Å². The average Bonchev–Trinajstić information content (AvgIpc) is 2.51. The van der Waals surface area contributed by atoms with Gasteiger partial charge < -0.3 is 60.9 Å². The molecule has 2 aromatic rings. The Labute approximate surface area is 499 Å². The molecule has 0 aromatic heterocycles. The van der Waals surface area contributed by atoms with Crippen molar-refractivity contribution >= 4 is 106 Å². The van der Waals surface area contributed by atoms with E-state index in [2.05, 4.69) is 21.3 Å². The largest absolute Gasteiger partial charge is 0.465 e. The Balaban J connectivity index is 0.891. The number of nitrogens with zero attached hydrogens (tertiary/aromatic N) is 6. The summed E-state index contributed by atoms with van der Waals surface area (Å²) in [6, 6.07) is 9.54. The fourth-order valence-electron chi connectivity index (χ4n) is 13.5. The predicted molar refractivity (Wildman–Crippen MR) is 321 cm³/mol. The highest BCUT2D eigenvalue weighted by molar-refractivity contribution is 8.00. The molecular weight excluding hydrogens is 1120 g/mol. The summed E-state index contributed by atoms with van der Waals surface area (Å²) >= 11 is 14.5. The van der Waals surface area contributed by atoms with Crippen molar-refractivity contribution in [2.24, 2.45) is 22.7 Å². The number of carbonyl (C=O) groups excluding carboxylic acids is 6. The van der Waals surface area contributed by atoms with E-state index in [1.54, 1.807) is 57.0 Å². The van der Waals surface area contributed by atoms with Gasteiger partial charge in [0.15, 0.2) is 0 Å². The third-order valence-corrected chi connectivity index (χ3v) is 21.8. The van der Waals surface area contributed by atoms with Gasteiger partial charge >= 0.3 is 12.2 Å². The van der Waals surface area contributed by atoms with Crippen LogP contribution in [0.3, 0.4) is 0 Å². The first-order valence-electron chi connectivity index (χ1n) is 28.5. The Hall–Kier alpha value is -5.72. The van der Waals surface area contributed by atoms with Crippen LogP contribution in [0.25, 0.3) is 0 Å². The molecule has 5 fully saturated rings. The number of carboxylic acid groups (broad SMARTS) is 2. The molecule has 20 nitrogen and oxygen atoms in total. The van der Waals surface area contributed by atoms with Crippen LogP contribution in [0.2, 0.25) is 0 Å². The average molecular weight is 1200 g/mol. The van der Waals surface area contributed by atoms with E-state index < -0.39 is 83.2 Å². The Morgan fingerprint density at radius 1 is 0.585 bits per heavy atom. The fraction of sp³-hybridized carbons (Fsp3) is 0.621. The molecule has 0 radical (unpaired) electrons. The first kappa shape index (κ1) is 60.9. The molecule has 2 aliphatic carbocycles. The number of hydrogen-bond donors (Lipinski definition) is 6. The molecule has 8 amide bonds.